The van der Waals surface area contributed by atoms with Crippen molar-refractivity contribution in [3.05, 3.63) is 35.9 Å². The van der Waals surface area contributed by atoms with E-state index in [-0.39, 0.29) is 6.42 Å². The number of hydrogen-bond acceptors (Lipinski definition) is 2. The van der Waals surface area contributed by atoms with E-state index >= 15 is 0 Å². The van der Waals surface area contributed by atoms with Crippen molar-refractivity contribution in [1.29, 1.82) is 0 Å². The molecule has 0 fully saturated rings. The molecule has 0 aliphatic rings. The summed E-state index contributed by atoms with van der Waals surface area (Å²) >= 11 is 0. The highest BCUT2D eigenvalue weighted by Gasteiger charge is 2.18. The number of benzene rings is 1. The Balaban J connectivity index is 2.77. The van der Waals surface area contributed by atoms with Crippen LogP contribution in [0.3, 0.4) is 0 Å². The van der Waals surface area contributed by atoms with Crippen molar-refractivity contribution in [3.63, 3.8) is 0 Å². The van der Waals surface area contributed by atoms with Gasteiger partial charge in [0.25, 0.3) is 0 Å². The molecule has 1 aromatic rings. The van der Waals surface area contributed by atoms with Crippen LogP contribution in [0.15, 0.2) is 30.3 Å². The maximum Gasteiger partial charge on any atom is 0.304 e. The molecule has 1 atom stereocenters. The number of aliphatic carboxylic acids is 1. The van der Waals surface area contributed by atoms with Crippen LogP contribution in [0.25, 0.3) is 0 Å². The van der Waals surface area contributed by atoms with E-state index in [9.17, 15) is 4.79 Å². The largest absolute Gasteiger partial charge is 0.481 e. The minimum atomic E-state index is -0.723. The maximum atomic E-state index is 10.7. The van der Waals surface area contributed by atoms with Crippen LogP contribution in [0.5, 0.6) is 0 Å². The molecule has 0 amide bonds. The van der Waals surface area contributed by atoms with Crippen molar-refractivity contribution >= 4 is 5.97 Å². The molecule has 3 heteroatoms. The molecule has 0 heterocycles. The van der Waals surface area contributed by atoms with Gasteiger partial charge in [0.15, 0.2) is 0 Å². The molecule has 18 heavy (non-hydrogen) atoms. The fraction of sp³-hybridized carbons (Fsp3) is 0.533. The number of rotatable bonds is 8. The van der Waals surface area contributed by atoms with Gasteiger partial charge in [-0.2, -0.15) is 0 Å². The third-order valence-corrected chi connectivity index (χ3v) is 3.14. The van der Waals surface area contributed by atoms with E-state index in [1.807, 2.05) is 18.2 Å². The lowest BCUT2D eigenvalue weighted by Crippen LogP contribution is -2.31. The summed E-state index contributed by atoms with van der Waals surface area (Å²) in [4.78, 5) is 13.0. The summed E-state index contributed by atoms with van der Waals surface area (Å²) in [5, 5.41) is 8.83. The van der Waals surface area contributed by atoms with Gasteiger partial charge in [-0.15, -0.1) is 0 Å². The van der Waals surface area contributed by atoms with Gasteiger partial charge in [0.05, 0.1) is 6.42 Å². The van der Waals surface area contributed by atoms with E-state index < -0.39 is 5.97 Å². The van der Waals surface area contributed by atoms with E-state index in [0.717, 1.165) is 19.4 Å². The lowest BCUT2D eigenvalue weighted by Gasteiger charge is -2.30. The van der Waals surface area contributed by atoms with Crippen LogP contribution < -0.4 is 0 Å². The third kappa shape index (κ3) is 4.49. The van der Waals surface area contributed by atoms with Gasteiger partial charge >= 0.3 is 5.97 Å². The molecule has 1 N–H and O–H groups in total. The number of carbonyl (C=O) groups is 1. The molecular formula is C15H23NO2. The molecule has 1 unspecified atom stereocenters. The van der Waals surface area contributed by atoms with Crippen molar-refractivity contribution in [3.8, 4) is 0 Å². The third-order valence-electron chi connectivity index (χ3n) is 3.14. The summed E-state index contributed by atoms with van der Waals surface area (Å²) in [6, 6.07) is 10.7. The van der Waals surface area contributed by atoms with Gasteiger partial charge in [-0.1, -0.05) is 44.2 Å². The minimum Gasteiger partial charge on any atom is -0.481 e. The second-order valence-corrected chi connectivity index (χ2v) is 4.51. The average Bonchev–Trinajstić information content (AvgIpc) is 2.38. The first-order valence-corrected chi connectivity index (χ1v) is 6.69. The number of nitrogens with zero attached hydrogens (tertiary/aromatic N) is 1. The van der Waals surface area contributed by atoms with Crippen LogP contribution in [0.2, 0.25) is 0 Å². The van der Waals surface area contributed by atoms with Crippen molar-refractivity contribution in [1.82, 2.24) is 4.90 Å². The molecule has 0 saturated heterocycles. The Morgan fingerprint density at radius 1 is 1.22 bits per heavy atom. The average molecular weight is 249 g/mol. The van der Waals surface area contributed by atoms with Crippen molar-refractivity contribution in [2.75, 3.05) is 13.1 Å². The molecular weight excluding hydrogens is 226 g/mol. The Hall–Kier alpha value is -1.35. The Morgan fingerprint density at radius 3 is 2.39 bits per heavy atom. The summed E-state index contributed by atoms with van der Waals surface area (Å²) < 4.78 is 0. The normalized spacial score (nSPS) is 12.6. The molecule has 0 spiro atoms. The van der Waals surface area contributed by atoms with E-state index in [2.05, 4.69) is 30.9 Å². The van der Waals surface area contributed by atoms with Gasteiger partial charge in [0.1, 0.15) is 0 Å². The fourth-order valence-corrected chi connectivity index (χ4v) is 2.33. The lowest BCUT2D eigenvalue weighted by molar-refractivity contribution is -0.137. The molecule has 3 nitrogen and oxygen atoms in total. The molecule has 1 rings (SSSR count). The minimum absolute atomic E-state index is 0.212. The van der Waals surface area contributed by atoms with Crippen LogP contribution in [-0.2, 0) is 4.79 Å². The highest BCUT2D eigenvalue weighted by molar-refractivity contribution is 5.66. The van der Waals surface area contributed by atoms with Crippen LogP contribution in [0.4, 0.5) is 0 Å². The number of hydrogen-bond donors (Lipinski definition) is 1. The molecule has 0 saturated carbocycles. The van der Waals surface area contributed by atoms with Crippen LogP contribution in [0, 0.1) is 0 Å². The van der Waals surface area contributed by atoms with Gasteiger partial charge < -0.3 is 5.11 Å². The van der Waals surface area contributed by atoms with Gasteiger partial charge in [-0.05, 0) is 24.9 Å². The topological polar surface area (TPSA) is 40.5 Å². The van der Waals surface area contributed by atoms with Gasteiger partial charge in [-0.3, -0.25) is 9.69 Å². The van der Waals surface area contributed by atoms with Gasteiger partial charge in [0, 0.05) is 12.6 Å². The zero-order valence-corrected chi connectivity index (χ0v) is 11.3. The second-order valence-electron chi connectivity index (χ2n) is 4.51. The number of carboxylic acid groups (broad SMARTS) is 1. The predicted octanol–water partition coefficient (Wildman–Crippen LogP) is 3.32. The SMILES string of the molecule is CCCN(CCC(=O)O)C(CC)c1ccccc1. The highest BCUT2D eigenvalue weighted by Crippen LogP contribution is 2.24. The smallest absolute Gasteiger partial charge is 0.304 e. The van der Waals surface area contributed by atoms with Crippen LogP contribution in [-0.4, -0.2) is 29.1 Å². The number of carboxylic acids is 1. The summed E-state index contributed by atoms with van der Waals surface area (Å²) in [7, 11) is 0. The summed E-state index contributed by atoms with van der Waals surface area (Å²) in [5.41, 5.74) is 1.28. The summed E-state index contributed by atoms with van der Waals surface area (Å²) in [6.07, 6.45) is 2.26. The maximum absolute atomic E-state index is 10.7. The molecule has 0 bridgehead atoms. The quantitative estimate of drug-likeness (QED) is 0.768. The van der Waals surface area contributed by atoms with Gasteiger partial charge in [-0.25, -0.2) is 0 Å². The molecule has 100 valence electrons. The highest BCUT2D eigenvalue weighted by atomic mass is 16.4. The molecule has 0 radical (unpaired) electrons. The zero-order chi connectivity index (χ0) is 13.4. The summed E-state index contributed by atoms with van der Waals surface area (Å²) in [6.45, 7) is 5.85. The molecule has 0 aliphatic heterocycles. The summed E-state index contributed by atoms with van der Waals surface area (Å²) in [5.74, 6) is -0.723. The van der Waals surface area contributed by atoms with Crippen LogP contribution >= 0.6 is 0 Å². The van der Waals surface area contributed by atoms with E-state index in [0.29, 0.717) is 12.6 Å². The second kappa shape index (κ2) is 7.88. The molecule has 1 aromatic carbocycles. The Bertz CT molecular complexity index is 351. The first-order chi connectivity index (χ1) is 8.69. The molecule has 0 aromatic heterocycles. The predicted molar refractivity (Wildman–Crippen MR) is 73.6 cm³/mol. The lowest BCUT2D eigenvalue weighted by atomic mass is 10.0. The van der Waals surface area contributed by atoms with Crippen molar-refractivity contribution in [2.45, 2.75) is 39.2 Å². The van der Waals surface area contributed by atoms with Crippen LogP contribution in [0.1, 0.15) is 44.7 Å². The van der Waals surface area contributed by atoms with Crippen molar-refractivity contribution < 1.29 is 9.90 Å². The Kier molecular flexibility index (Phi) is 6.44. The standard InChI is InChI=1S/C15H23NO2/c1-3-11-16(12-10-15(17)18)14(4-2)13-8-6-5-7-9-13/h5-9,14H,3-4,10-12H2,1-2H3,(H,17,18). The van der Waals surface area contributed by atoms with Gasteiger partial charge in [0.2, 0.25) is 0 Å². The molecule has 0 aliphatic carbocycles. The Labute approximate surface area is 109 Å². The zero-order valence-electron chi connectivity index (χ0n) is 11.3. The van der Waals surface area contributed by atoms with E-state index in [4.69, 9.17) is 5.11 Å². The van der Waals surface area contributed by atoms with Crippen molar-refractivity contribution in [2.24, 2.45) is 0 Å². The monoisotopic (exact) mass is 249 g/mol. The Morgan fingerprint density at radius 2 is 1.89 bits per heavy atom. The first-order valence-electron chi connectivity index (χ1n) is 6.69. The fourth-order valence-electron chi connectivity index (χ4n) is 2.33. The van der Waals surface area contributed by atoms with E-state index in [1.165, 1.54) is 5.56 Å². The van der Waals surface area contributed by atoms with E-state index in [1.54, 1.807) is 0 Å². The first kappa shape index (κ1) is 14.7.